The minimum Gasteiger partial charge on any atom is -0.503 e. The molecule has 1 aliphatic heterocycles. The SMILES string of the molecule is O=C(C1=C(O)C(=O)N(c2ccc(F)cc2F)C1c1ccncc1)c1cc2ccccc2o1. The van der Waals surface area contributed by atoms with Crippen LogP contribution in [0, 0.1) is 11.6 Å². The van der Waals surface area contributed by atoms with Crippen LogP contribution < -0.4 is 4.90 Å². The second-order valence-corrected chi connectivity index (χ2v) is 7.19. The van der Waals surface area contributed by atoms with Crippen molar-refractivity contribution >= 4 is 28.3 Å². The molecule has 1 aliphatic rings. The number of para-hydroxylation sites is 1. The summed E-state index contributed by atoms with van der Waals surface area (Å²) in [5.74, 6) is -4.46. The van der Waals surface area contributed by atoms with E-state index in [2.05, 4.69) is 4.98 Å². The summed E-state index contributed by atoms with van der Waals surface area (Å²) in [4.78, 5) is 31.3. The predicted octanol–water partition coefficient (Wildman–Crippen LogP) is 4.89. The van der Waals surface area contributed by atoms with Gasteiger partial charge >= 0.3 is 0 Å². The minimum absolute atomic E-state index is 0.0824. The Morgan fingerprint density at radius 2 is 1.78 bits per heavy atom. The number of hydrogen-bond acceptors (Lipinski definition) is 5. The molecule has 1 amide bonds. The normalized spacial score (nSPS) is 16.2. The maximum Gasteiger partial charge on any atom is 0.294 e. The van der Waals surface area contributed by atoms with Crippen molar-refractivity contribution < 1.29 is 27.9 Å². The standard InChI is InChI=1S/C24H14F2N2O4/c25-15-5-6-17(16(26)12-15)28-21(13-7-9-27-10-8-13)20(23(30)24(28)31)22(29)19-11-14-3-1-2-4-18(14)32-19/h1-12,21,30H. The summed E-state index contributed by atoms with van der Waals surface area (Å²) in [7, 11) is 0. The first-order valence-corrected chi connectivity index (χ1v) is 9.60. The molecule has 0 radical (unpaired) electrons. The summed E-state index contributed by atoms with van der Waals surface area (Å²) in [6.07, 6.45) is 2.88. The molecule has 0 spiro atoms. The van der Waals surface area contributed by atoms with Gasteiger partial charge < -0.3 is 9.52 Å². The van der Waals surface area contributed by atoms with Crippen LogP contribution >= 0.6 is 0 Å². The zero-order valence-electron chi connectivity index (χ0n) is 16.3. The summed E-state index contributed by atoms with van der Waals surface area (Å²) >= 11 is 0. The monoisotopic (exact) mass is 432 g/mol. The fourth-order valence-electron chi connectivity index (χ4n) is 3.85. The lowest BCUT2D eigenvalue weighted by Crippen LogP contribution is -2.31. The first kappa shape index (κ1) is 19.6. The Morgan fingerprint density at radius 3 is 2.50 bits per heavy atom. The average Bonchev–Trinajstić information content (AvgIpc) is 3.34. The van der Waals surface area contributed by atoms with E-state index < -0.39 is 35.1 Å². The summed E-state index contributed by atoms with van der Waals surface area (Å²) in [5.41, 5.74) is 0.309. The van der Waals surface area contributed by atoms with Crippen LogP contribution in [0.3, 0.4) is 0 Å². The molecule has 0 aliphatic carbocycles. The Balaban J connectivity index is 1.67. The largest absolute Gasteiger partial charge is 0.503 e. The number of rotatable bonds is 4. The lowest BCUT2D eigenvalue weighted by Gasteiger charge is -2.27. The van der Waals surface area contributed by atoms with Gasteiger partial charge in [0, 0.05) is 23.8 Å². The highest BCUT2D eigenvalue weighted by Crippen LogP contribution is 2.43. The molecule has 1 unspecified atom stereocenters. The number of nitrogens with zero attached hydrogens (tertiary/aromatic N) is 2. The average molecular weight is 432 g/mol. The molecule has 4 aromatic rings. The number of aliphatic hydroxyl groups excluding tert-OH is 1. The number of amides is 1. The summed E-state index contributed by atoms with van der Waals surface area (Å²) < 4.78 is 33.7. The highest BCUT2D eigenvalue weighted by Gasteiger charge is 2.46. The summed E-state index contributed by atoms with van der Waals surface area (Å²) in [5, 5.41) is 11.4. The van der Waals surface area contributed by atoms with Gasteiger partial charge in [-0.25, -0.2) is 8.78 Å². The van der Waals surface area contributed by atoms with Crippen LogP contribution in [0.15, 0.2) is 88.8 Å². The molecule has 1 N–H and O–H groups in total. The molecule has 5 rings (SSSR count). The third-order valence-corrected chi connectivity index (χ3v) is 5.29. The van der Waals surface area contributed by atoms with Crippen LogP contribution in [0.2, 0.25) is 0 Å². The van der Waals surface area contributed by atoms with Crippen molar-refractivity contribution in [3.63, 3.8) is 0 Å². The molecule has 2 aromatic carbocycles. The first-order chi connectivity index (χ1) is 15.5. The van der Waals surface area contributed by atoms with Crippen molar-refractivity contribution in [1.29, 1.82) is 0 Å². The molecule has 2 aromatic heterocycles. The number of hydrogen-bond donors (Lipinski definition) is 1. The Morgan fingerprint density at radius 1 is 1.03 bits per heavy atom. The molecule has 3 heterocycles. The van der Waals surface area contributed by atoms with Crippen molar-refractivity contribution in [1.82, 2.24) is 4.98 Å². The number of ketones is 1. The Kier molecular flexibility index (Phi) is 4.55. The van der Waals surface area contributed by atoms with Crippen LogP contribution in [0.1, 0.15) is 22.2 Å². The highest BCUT2D eigenvalue weighted by atomic mass is 19.1. The van der Waals surface area contributed by atoms with E-state index in [-0.39, 0.29) is 17.0 Å². The van der Waals surface area contributed by atoms with Gasteiger partial charge in [-0.1, -0.05) is 18.2 Å². The van der Waals surface area contributed by atoms with Crippen LogP contribution in [0.5, 0.6) is 0 Å². The Labute approximate surface area is 180 Å². The van der Waals surface area contributed by atoms with Gasteiger partial charge in [0.25, 0.3) is 5.91 Å². The van der Waals surface area contributed by atoms with Gasteiger partial charge in [-0.3, -0.25) is 19.5 Å². The quantitative estimate of drug-likeness (QED) is 0.465. The van der Waals surface area contributed by atoms with Crippen molar-refractivity contribution in [3.8, 4) is 0 Å². The van der Waals surface area contributed by atoms with Gasteiger partial charge in [-0.05, 0) is 42.0 Å². The maximum absolute atomic E-state index is 14.6. The summed E-state index contributed by atoms with van der Waals surface area (Å²) in [6, 6.07) is 13.1. The van der Waals surface area contributed by atoms with E-state index in [9.17, 15) is 23.5 Å². The third-order valence-electron chi connectivity index (χ3n) is 5.29. The lowest BCUT2D eigenvalue weighted by molar-refractivity contribution is -0.117. The molecule has 8 heteroatoms. The summed E-state index contributed by atoms with van der Waals surface area (Å²) in [6.45, 7) is 0. The van der Waals surface area contributed by atoms with Crippen LogP contribution in [0.4, 0.5) is 14.5 Å². The van der Waals surface area contributed by atoms with Gasteiger partial charge in [0.15, 0.2) is 11.5 Å². The zero-order valence-corrected chi connectivity index (χ0v) is 16.3. The van der Waals surface area contributed by atoms with Crippen LogP contribution in [-0.4, -0.2) is 21.8 Å². The van der Waals surface area contributed by atoms with Crippen LogP contribution in [-0.2, 0) is 4.79 Å². The van der Waals surface area contributed by atoms with E-state index in [1.54, 1.807) is 24.3 Å². The molecular formula is C24H14F2N2O4. The van der Waals surface area contributed by atoms with Gasteiger partial charge in [-0.2, -0.15) is 0 Å². The van der Waals surface area contributed by atoms with E-state index >= 15 is 0 Å². The Bertz CT molecular complexity index is 1380. The number of pyridine rings is 1. The number of Topliss-reactive ketones (excluding diaryl/α,β-unsaturated/α-hetero) is 1. The second kappa shape index (κ2) is 7.42. The van der Waals surface area contributed by atoms with E-state index in [0.29, 0.717) is 22.6 Å². The molecule has 158 valence electrons. The molecule has 0 saturated heterocycles. The number of carbonyl (C=O) groups excluding carboxylic acids is 2. The van der Waals surface area contributed by atoms with Crippen molar-refractivity contribution in [2.45, 2.75) is 6.04 Å². The second-order valence-electron chi connectivity index (χ2n) is 7.19. The van der Waals surface area contributed by atoms with Crippen molar-refractivity contribution in [2.75, 3.05) is 4.90 Å². The number of fused-ring (bicyclic) bond motifs is 1. The fourth-order valence-corrected chi connectivity index (χ4v) is 3.85. The van der Waals surface area contributed by atoms with Gasteiger partial charge in [0.1, 0.15) is 17.2 Å². The van der Waals surface area contributed by atoms with Gasteiger partial charge in [0.2, 0.25) is 5.78 Å². The van der Waals surface area contributed by atoms with Crippen LogP contribution in [0.25, 0.3) is 11.0 Å². The third kappa shape index (κ3) is 3.04. The van der Waals surface area contributed by atoms with Crippen molar-refractivity contribution in [2.24, 2.45) is 0 Å². The van der Waals surface area contributed by atoms with E-state index in [4.69, 9.17) is 4.42 Å². The Hall–Kier alpha value is -4.33. The number of halogens is 2. The predicted molar refractivity (Wildman–Crippen MR) is 111 cm³/mol. The smallest absolute Gasteiger partial charge is 0.294 e. The minimum atomic E-state index is -1.17. The first-order valence-electron chi connectivity index (χ1n) is 9.60. The van der Waals surface area contributed by atoms with Crippen molar-refractivity contribution in [3.05, 3.63) is 107 Å². The molecule has 32 heavy (non-hydrogen) atoms. The number of aliphatic hydroxyl groups is 1. The van der Waals surface area contributed by atoms with E-state index in [1.165, 1.54) is 30.6 Å². The number of anilines is 1. The lowest BCUT2D eigenvalue weighted by atomic mass is 9.95. The number of benzene rings is 2. The molecule has 6 nitrogen and oxygen atoms in total. The van der Waals surface area contributed by atoms with E-state index in [1.807, 2.05) is 0 Å². The maximum atomic E-state index is 14.6. The molecule has 1 atom stereocenters. The number of furan rings is 1. The number of aromatic nitrogens is 1. The molecule has 0 bridgehead atoms. The van der Waals surface area contributed by atoms with E-state index in [0.717, 1.165) is 17.0 Å². The topological polar surface area (TPSA) is 83.6 Å². The molecule has 0 fully saturated rings. The molecule has 0 saturated carbocycles. The van der Waals surface area contributed by atoms with Gasteiger partial charge in [0.05, 0.1) is 17.3 Å². The van der Waals surface area contributed by atoms with Gasteiger partial charge in [-0.15, -0.1) is 0 Å². The highest BCUT2D eigenvalue weighted by molar-refractivity contribution is 6.20. The number of carbonyl (C=O) groups is 2. The zero-order chi connectivity index (χ0) is 22.4. The molecular weight excluding hydrogens is 418 g/mol. The fraction of sp³-hybridized carbons (Fsp3) is 0.0417.